The van der Waals surface area contributed by atoms with Crippen molar-refractivity contribution in [1.29, 1.82) is 0 Å². The lowest BCUT2D eigenvalue weighted by Gasteiger charge is -1.97. The third-order valence-electron chi connectivity index (χ3n) is 1.13. The molecule has 1 aliphatic heterocycles. The Balaban J connectivity index is 2.48. The first-order valence-corrected chi connectivity index (χ1v) is 3.34. The Kier molecular flexibility index (Phi) is 1.40. The first-order chi connectivity index (χ1) is 3.30. The first-order valence-electron chi connectivity index (χ1n) is 2.35. The van der Waals surface area contributed by atoms with Gasteiger partial charge in [0.1, 0.15) is 0 Å². The molecule has 0 aromatic heterocycles. The van der Waals surface area contributed by atoms with Gasteiger partial charge in [0, 0.05) is 11.9 Å². The first kappa shape index (κ1) is 5.19. The van der Waals surface area contributed by atoms with Gasteiger partial charge < -0.3 is 5.32 Å². The Morgan fingerprint density at radius 2 is 2.71 bits per heavy atom. The van der Waals surface area contributed by atoms with Crippen LogP contribution in [0.5, 0.6) is 0 Å². The van der Waals surface area contributed by atoms with E-state index in [4.69, 9.17) is 0 Å². The maximum Gasteiger partial charge on any atom is 0.0467 e. The van der Waals surface area contributed by atoms with Crippen LogP contribution in [0.3, 0.4) is 0 Å². The number of rotatable bonds is 0. The molecule has 0 aromatic carbocycles. The van der Waals surface area contributed by atoms with Crippen molar-refractivity contribution in [3.05, 3.63) is 11.5 Å². The second-order valence-corrected chi connectivity index (χ2v) is 2.78. The topological polar surface area (TPSA) is 12.0 Å². The average Bonchev–Trinajstić information content (AvgIpc) is 1.91. The molecule has 1 fully saturated rings. The summed E-state index contributed by atoms with van der Waals surface area (Å²) in [6.07, 6.45) is 0. The molecule has 1 N–H and O–H groups in total. The van der Waals surface area contributed by atoms with Crippen LogP contribution in [0.1, 0.15) is 6.92 Å². The number of thioether (sulfide) groups is 1. The summed E-state index contributed by atoms with van der Waals surface area (Å²) in [4.78, 5) is 1.26. The predicted octanol–water partition coefficient (Wildman–Crippen LogP) is 1.18. The summed E-state index contributed by atoms with van der Waals surface area (Å²) in [7, 11) is 0. The molecule has 0 aliphatic carbocycles. The van der Waals surface area contributed by atoms with Crippen LogP contribution >= 0.6 is 11.8 Å². The third-order valence-corrected chi connectivity index (χ3v) is 2.17. The van der Waals surface area contributed by atoms with Gasteiger partial charge in [-0.15, -0.1) is 11.8 Å². The van der Waals surface area contributed by atoms with Gasteiger partial charge in [0.05, 0.1) is 0 Å². The van der Waals surface area contributed by atoms with Crippen LogP contribution < -0.4 is 5.32 Å². The van der Waals surface area contributed by atoms with Crippen LogP contribution in [-0.4, -0.2) is 11.9 Å². The molecule has 1 aliphatic rings. The quantitative estimate of drug-likeness (QED) is 0.509. The van der Waals surface area contributed by atoms with Gasteiger partial charge in [-0.2, -0.15) is 0 Å². The largest absolute Gasteiger partial charge is 0.300 e. The van der Waals surface area contributed by atoms with Gasteiger partial charge in [0.2, 0.25) is 0 Å². The third kappa shape index (κ3) is 0.983. The van der Waals surface area contributed by atoms with Crippen molar-refractivity contribution in [3.63, 3.8) is 0 Å². The standard InChI is InChI=1S/C5H9NS/c1-4-5(2)7-3-6-4/h4,6H,2-3H2,1H3. The summed E-state index contributed by atoms with van der Waals surface area (Å²) in [5, 5.41) is 3.23. The zero-order chi connectivity index (χ0) is 5.28. The molecule has 0 saturated carbocycles. The van der Waals surface area contributed by atoms with Crippen LogP contribution in [0.4, 0.5) is 0 Å². The molecule has 0 amide bonds. The fraction of sp³-hybridized carbons (Fsp3) is 0.600. The molecule has 0 radical (unpaired) electrons. The average molecular weight is 115 g/mol. The highest BCUT2D eigenvalue weighted by molar-refractivity contribution is 8.03. The van der Waals surface area contributed by atoms with Crippen molar-refractivity contribution in [2.24, 2.45) is 0 Å². The van der Waals surface area contributed by atoms with E-state index in [0.29, 0.717) is 6.04 Å². The smallest absolute Gasteiger partial charge is 0.0467 e. The van der Waals surface area contributed by atoms with Crippen LogP contribution in [-0.2, 0) is 0 Å². The summed E-state index contributed by atoms with van der Waals surface area (Å²) < 4.78 is 0. The molecule has 0 spiro atoms. The summed E-state index contributed by atoms with van der Waals surface area (Å²) >= 11 is 1.80. The summed E-state index contributed by atoms with van der Waals surface area (Å²) in [6, 6.07) is 0.532. The summed E-state index contributed by atoms with van der Waals surface area (Å²) in [6.45, 7) is 5.96. The van der Waals surface area contributed by atoms with Crippen LogP contribution in [0.2, 0.25) is 0 Å². The Morgan fingerprint density at radius 3 is 2.86 bits per heavy atom. The van der Waals surface area contributed by atoms with Crippen molar-refractivity contribution in [1.82, 2.24) is 5.32 Å². The molecule has 1 rings (SSSR count). The van der Waals surface area contributed by atoms with E-state index < -0.39 is 0 Å². The second kappa shape index (κ2) is 1.88. The predicted molar refractivity (Wildman–Crippen MR) is 34.2 cm³/mol. The van der Waals surface area contributed by atoms with Gasteiger partial charge in [-0.05, 0) is 11.8 Å². The van der Waals surface area contributed by atoms with E-state index in [2.05, 4.69) is 18.8 Å². The lowest BCUT2D eigenvalue weighted by atomic mass is 10.3. The lowest BCUT2D eigenvalue weighted by molar-refractivity contribution is 0.729. The highest BCUT2D eigenvalue weighted by atomic mass is 32.2. The maximum atomic E-state index is 3.84. The normalized spacial score (nSPS) is 31.6. The molecular formula is C5H9NS. The van der Waals surface area contributed by atoms with Gasteiger partial charge in [-0.1, -0.05) is 6.58 Å². The molecule has 1 saturated heterocycles. The fourth-order valence-corrected chi connectivity index (χ4v) is 1.35. The van der Waals surface area contributed by atoms with Gasteiger partial charge in [-0.3, -0.25) is 0 Å². The fourth-order valence-electron chi connectivity index (χ4n) is 0.498. The molecule has 0 bridgehead atoms. The van der Waals surface area contributed by atoms with Gasteiger partial charge >= 0.3 is 0 Å². The van der Waals surface area contributed by atoms with Gasteiger partial charge in [-0.25, -0.2) is 0 Å². The maximum absolute atomic E-state index is 3.84. The molecule has 7 heavy (non-hydrogen) atoms. The van der Waals surface area contributed by atoms with Crippen molar-refractivity contribution in [2.45, 2.75) is 13.0 Å². The van der Waals surface area contributed by atoms with Crippen LogP contribution in [0.25, 0.3) is 0 Å². The Bertz CT molecular complexity index is 90.1. The number of hydrogen-bond donors (Lipinski definition) is 1. The zero-order valence-electron chi connectivity index (χ0n) is 4.40. The molecule has 2 heteroatoms. The summed E-state index contributed by atoms with van der Waals surface area (Å²) in [5.41, 5.74) is 0. The zero-order valence-corrected chi connectivity index (χ0v) is 5.22. The molecule has 1 unspecified atom stereocenters. The Morgan fingerprint density at radius 1 is 2.00 bits per heavy atom. The van der Waals surface area contributed by atoms with Gasteiger partial charge in [0.25, 0.3) is 0 Å². The molecule has 1 heterocycles. The minimum Gasteiger partial charge on any atom is -0.300 e. The Labute approximate surface area is 48.2 Å². The van der Waals surface area contributed by atoms with Gasteiger partial charge in [0.15, 0.2) is 0 Å². The lowest BCUT2D eigenvalue weighted by Crippen LogP contribution is -2.17. The molecular weight excluding hydrogens is 106 g/mol. The SMILES string of the molecule is C=C1SCNC1C. The monoisotopic (exact) mass is 115 g/mol. The Hall–Kier alpha value is 0.0500. The number of hydrogen-bond acceptors (Lipinski definition) is 2. The van der Waals surface area contributed by atoms with E-state index in [1.807, 2.05) is 0 Å². The molecule has 1 atom stereocenters. The highest BCUT2D eigenvalue weighted by Gasteiger charge is 2.11. The van der Waals surface area contributed by atoms with Crippen molar-refractivity contribution in [2.75, 3.05) is 5.88 Å². The highest BCUT2D eigenvalue weighted by Crippen LogP contribution is 2.21. The van der Waals surface area contributed by atoms with Crippen molar-refractivity contribution < 1.29 is 0 Å². The molecule has 1 nitrogen and oxygen atoms in total. The van der Waals surface area contributed by atoms with Crippen LogP contribution in [0.15, 0.2) is 11.5 Å². The van der Waals surface area contributed by atoms with E-state index in [1.165, 1.54) is 4.91 Å². The van der Waals surface area contributed by atoms with E-state index in [-0.39, 0.29) is 0 Å². The van der Waals surface area contributed by atoms with E-state index in [9.17, 15) is 0 Å². The van der Waals surface area contributed by atoms with E-state index in [1.54, 1.807) is 11.8 Å². The minimum atomic E-state index is 0.532. The van der Waals surface area contributed by atoms with Crippen molar-refractivity contribution >= 4 is 11.8 Å². The van der Waals surface area contributed by atoms with Crippen molar-refractivity contribution in [3.8, 4) is 0 Å². The molecule has 0 aromatic rings. The van der Waals surface area contributed by atoms with Crippen LogP contribution in [0, 0.1) is 0 Å². The van der Waals surface area contributed by atoms with E-state index >= 15 is 0 Å². The molecule has 40 valence electrons. The van der Waals surface area contributed by atoms with E-state index in [0.717, 1.165) is 5.88 Å². The number of nitrogens with one attached hydrogen (secondary N) is 1. The second-order valence-electron chi connectivity index (χ2n) is 1.68. The minimum absolute atomic E-state index is 0.532. The summed E-state index contributed by atoms with van der Waals surface area (Å²) in [5.74, 6) is 1.04.